The minimum atomic E-state index is 0.546. The molecule has 0 unspecified atom stereocenters. The van der Waals surface area contributed by atoms with Gasteiger partial charge in [-0.2, -0.15) is 0 Å². The van der Waals surface area contributed by atoms with E-state index in [-0.39, 0.29) is 0 Å². The van der Waals surface area contributed by atoms with E-state index in [0.717, 1.165) is 32.1 Å². The number of rotatable bonds is 5. The summed E-state index contributed by atoms with van der Waals surface area (Å²) in [5.41, 5.74) is 2.90. The molecule has 1 aliphatic heterocycles. The van der Waals surface area contributed by atoms with Crippen LogP contribution in [0.2, 0.25) is 0 Å². The van der Waals surface area contributed by atoms with Crippen molar-refractivity contribution in [2.75, 3.05) is 26.2 Å². The van der Waals surface area contributed by atoms with Crippen LogP contribution in [-0.2, 0) is 0 Å². The lowest BCUT2D eigenvalue weighted by molar-refractivity contribution is 0.161. The van der Waals surface area contributed by atoms with Gasteiger partial charge in [-0.3, -0.25) is 4.90 Å². The third-order valence-electron chi connectivity index (χ3n) is 5.14. The molecule has 1 aliphatic rings. The van der Waals surface area contributed by atoms with Gasteiger partial charge in [0.05, 0.1) is 0 Å². The first-order valence-corrected chi connectivity index (χ1v) is 9.10. The highest BCUT2D eigenvalue weighted by atomic mass is 15.2. The molecule has 2 aromatic carbocycles. The Balaban J connectivity index is 1.99. The van der Waals surface area contributed by atoms with Gasteiger partial charge < -0.3 is 5.32 Å². The molecule has 2 aromatic rings. The van der Waals surface area contributed by atoms with Crippen LogP contribution in [0.5, 0.6) is 0 Å². The summed E-state index contributed by atoms with van der Waals surface area (Å²) < 4.78 is 0. The minimum absolute atomic E-state index is 0.546. The molecule has 0 saturated carbocycles. The standard InChI is InChI=1S/C21H30N2/c1-16(2)8-11-21(23-14-12-22-13-15-23)20-10-9-17(3)18-6-4-5-7-19(18)20/h4-7,9-10,16,21-22H,8,11-15H2,1-3H3/t21-/m0/s1. The van der Waals surface area contributed by atoms with E-state index in [1.54, 1.807) is 0 Å². The Morgan fingerprint density at radius 2 is 1.65 bits per heavy atom. The SMILES string of the molecule is Cc1ccc([C@H](CCC(C)C)N2CCNCC2)c2ccccc12. The van der Waals surface area contributed by atoms with E-state index in [2.05, 4.69) is 67.4 Å². The van der Waals surface area contributed by atoms with Crippen molar-refractivity contribution in [3.05, 3.63) is 47.5 Å². The Morgan fingerprint density at radius 1 is 0.957 bits per heavy atom. The van der Waals surface area contributed by atoms with Gasteiger partial charge >= 0.3 is 0 Å². The van der Waals surface area contributed by atoms with Crippen LogP contribution in [0.25, 0.3) is 10.8 Å². The van der Waals surface area contributed by atoms with Crippen LogP contribution < -0.4 is 5.32 Å². The molecule has 2 nitrogen and oxygen atoms in total. The van der Waals surface area contributed by atoms with E-state index < -0.39 is 0 Å². The van der Waals surface area contributed by atoms with Gasteiger partial charge in [-0.05, 0) is 47.6 Å². The summed E-state index contributed by atoms with van der Waals surface area (Å²) in [6.07, 6.45) is 2.54. The van der Waals surface area contributed by atoms with E-state index in [0.29, 0.717) is 6.04 Å². The first kappa shape index (κ1) is 16.5. The van der Waals surface area contributed by atoms with E-state index in [1.807, 2.05) is 0 Å². The van der Waals surface area contributed by atoms with Gasteiger partial charge in [-0.15, -0.1) is 0 Å². The second kappa shape index (κ2) is 7.46. The average Bonchev–Trinajstić information content (AvgIpc) is 2.58. The molecule has 3 rings (SSSR count). The zero-order chi connectivity index (χ0) is 16.2. The average molecular weight is 310 g/mol. The van der Waals surface area contributed by atoms with Crippen molar-refractivity contribution in [3.63, 3.8) is 0 Å². The fraction of sp³-hybridized carbons (Fsp3) is 0.524. The molecule has 0 bridgehead atoms. The van der Waals surface area contributed by atoms with Crippen molar-refractivity contribution < 1.29 is 0 Å². The Bertz CT molecular complexity index is 641. The lowest BCUT2D eigenvalue weighted by Crippen LogP contribution is -2.45. The molecule has 0 spiro atoms. The maximum atomic E-state index is 3.49. The third kappa shape index (κ3) is 3.76. The number of piperazine rings is 1. The Labute approximate surface area is 140 Å². The minimum Gasteiger partial charge on any atom is -0.314 e. The smallest absolute Gasteiger partial charge is 0.0355 e. The van der Waals surface area contributed by atoms with Crippen molar-refractivity contribution in [1.82, 2.24) is 10.2 Å². The third-order valence-corrected chi connectivity index (χ3v) is 5.14. The summed E-state index contributed by atoms with van der Waals surface area (Å²) in [7, 11) is 0. The molecule has 0 radical (unpaired) electrons. The van der Waals surface area contributed by atoms with Gasteiger partial charge in [0.25, 0.3) is 0 Å². The van der Waals surface area contributed by atoms with Crippen LogP contribution in [0.1, 0.15) is 43.9 Å². The van der Waals surface area contributed by atoms with Crippen molar-refractivity contribution in [3.8, 4) is 0 Å². The molecule has 23 heavy (non-hydrogen) atoms. The van der Waals surface area contributed by atoms with Gasteiger partial charge in [0.2, 0.25) is 0 Å². The molecule has 1 N–H and O–H groups in total. The fourth-order valence-corrected chi connectivity index (χ4v) is 3.78. The second-order valence-electron chi connectivity index (χ2n) is 7.29. The first-order chi connectivity index (χ1) is 11.2. The lowest BCUT2D eigenvalue weighted by atomic mass is 9.90. The Morgan fingerprint density at radius 3 is 2.35 bits per heavy atom. The predicted molar refractivity (Wildman–Crippen MR) is 99.9 cm³/mol. The van der Waals surface area contributed by atoms with Crippen LogP contribution in [0.4, 0.5) is 0 Å². The summed E-state index contributed by atoms with van der Waals surface area (Å²) in [6.45, 7) is 11.4. The number of fused-ring (bicyclic) bond motifs is 1. The normalized spacial score (nSPS) is 17.7. The van der Waals surface area contributed by atoms with Gasteiger partial charge in [-0.1, -0.05) is 50.2 Å². The Hall–Kier alpha value is -1.38. The van der Waals surface area contributed by atoms with Gasteiger partial charge in [-0.25, -0.2) is 0 Å². The van der Waals surface area contributed by atoms with E-state index >= 15 is 0 Å². The lowest BCUT2D eigenvalue weighted by Gasteiger charge is -2.36. The number of aryl methyl sites for hydroxylation is 1. The summed E-state index contributed by atoms with van der Waals surface area (Å²) in [5.74, 6) is 0.761. The summed E-state index contributed by atoms with van der Waals surface area (Å²) >= 11 is 0. The summed E-state index contributed by atoms with van der Waals surface area (Å²) in [4.78, 5) is 2.69. The summed E-state index contributed by atoms with van der Waals surface area (Å²) in [5, 5.41) is 6.35. The first-order valence-electron chi connectivity index (χ1n) is 9.10. The molecule has 1 atom stereocenters. The number of hydrogen-bond donors (Lipinski definition) is 1. The van der Waals surface area contributed by atoms with Crippen molar-refractivity contribution in [1.29, 1.82) is 0 Å². The van der Waals surface area contributed by atoms with E-state index in [9.17, 15) is 0 Å². The number of nitrogens with one attached hydrogen (secondary N) is 1. The maximum Gasteiger partial charge on any atom is 0.0355 e. The largest absolute Gasteiger partial charge is 0.314 e. The van der Waals surface area contributed by atoms with Crippen LogP contribution in [0.3, 0.4) is 0 Å². The number of hydrogen-bond acceptors (Lipinski definition) is 2. The van der Waals surface area contributed by atoms with Crippen molar-refractivity contribution in [2.45, 2.75) is 39.7 Å². The van der Waals surface area contributed by atoms with Gasteiger partial charge in [0.1, 0.15) is 0 Å². The van der Waals surface area contributed by atoms with E-state index in [4.69, 9.17) is 0 Å². The quantitative estimate of drug-likeness (QED) is 0.873. The fourth-order valence-electron chi connectivity index (χ4n) is 3.78. The molecule has 1 fully saturated rings. The molecule has 2 heteroatoms. The van der Waals surface area contributed by atoms with Crippen LogP contribution >= 0.6 is 0 Å². The highest BCUT2D eigenvalue weighted by Crippen LogP contribution is 2.34. The zero-order valence-corrected chi connectivity index (χ0v) is 14.8. The zero-order valence-electron chi connectivity index (χ0n) is 14.8. The molecule has 0 amide bonds. The molecule has 1 heterocycles. The number of benzene rings is 2. The number of nitrogens with zero attached hydrogens (tertiary/aromatic N) is 1. The molecule has 1 saturated heterocycles. The molecular formula is C21H30N2. The highest BCUT2D eigenvalue weighted by molar-refractivity contribution is 5.88. The predicted octanol–water partition coefficient (Wildman–Crippen LogP) is 4.53. The van der Waals surface area contributed by atoms with Crippen LogP contribution in [0.15, 0.2) is 36.4 Å². The van der Waals surface area contributed by atoms with Gasteiger partial charge in [0, 0.05) is 32.2 Å². The van der Waals surface area contributed by atoms with Crippen molar-refractivity contribution in [2.24, 2.45) is 5.92 Å². The molecule has 124 valence electrons. The van der Waals surface area contributed by atoms with Crippen LogP contribution in [-0.4, -0.2) is 31.1 Å². The van der Waals surface area contributed by atoms with Gasteiger partial charge in [0.15, 0.2) is 0 Å². The van der Waals surface area contributed by atoms with Crippen LogP contribution in [0, 0.1) is 12.8 Å². The second-order valence-corrected chi connectivity index (χ2v) is 7.29. The topological polar surface area (TPSA) is 15.3 Å². The molecule has 0 aromatic heterocycles. The Kier molecular flexibility index (Phi) is 5.34. The molecule has 0 aliphatic carbocycles. The molecular weight excluding hydrogens is 280 g/mol. The maximum absolute atomic E-state index is 3.49. The van der Waals surface area contributed by atoms with Crippen molar-refractivity contribution >= 4 is 10.8 Å². The van der Waals surface area contributed by atoms with E-state index in [1.165, 1.54) is 34.7 Å². The highest BCUT2D eigenvalue weighted by Gasteiger charge is 2.23. The monoisotopic (exact) mass is 310 g/mol. The summed E-state index contributed by atoms with van der Waals surface area (Å²) in [6, 6.07) is 14.2.